The normalized spacial score (nSPS) is 16.0. The second kappa shape index (κ2) is 22.1. The van der Waals surface area contributed by atoms with E-state index >= 15 is 0 Å². The molecule has 9 N–H and O–H groups in total. The summed E-state index contributed by atoms with van der Waals surface area (Å²) in [5.41, 5.74) is 8.12. The van der Waals surface area contributed by atoms with Gasteiger partial charge in [-0.1, -0.05) is 41.8 Å². The molecule has 20 nitrogen and oxygen atoms in total. The predicted octanol–water partition coefficient (Wildman–Crippen LogP) is 1.72. The molecule has 4 heterocycles. The fourth-order valence-corrected chi connectivity index (χ4v) is 7.85. The van der Waals surface area contributed by atoms with E-state index in [-0.39, 0.29) is 44.0 Å². The van der Waals surface area contributed by atoms with Crippen molar-refractivity contribution in [3.63, 3.8) is 0 Å². The molecular formula is C38H60N15O5P. The van der Waals surface area contributed by atoms with Gasteiger partial charge in [0.15, 0.2) is 0 Å². The molecular weight excluding hydrogens is 777 g/mol. The third kappa shape index (κ3) is 14.6. The number of carbonyl (C=O) groups excluding carboxylic acids is 2. The van der Waals surface area contributed by atoms with Gasteiger partial charge >= 0.3 is 7.60 Å². The van der Waals surface area contributed by atoms with Crippen LogP contribution in [0.4, 0.5) is 11.8 Å². The summed E-state index contributed by atoms with van der Waals surface area (Å²) < 4.78 is 14.3. The van der Waals surface area contributed by atoms with Gasteiger partial charge in [0.25, 0.3) is 0 Å². The highest BCUT2D eigenvalue weighted by atomic mass is 31.2. The van der Waals surface area contributed by atoms with Crippen molar-refractivity contribution < 1.29 is 23.9 Å². The van der Waals surface area contributed by atoms with Crippen LogP contribution in [0, 0.1) is 0 Å². The van der Waals surface area contributed by atoms with Gasteiger partial charge in [-0.25, -0.2) is 4.98 Å². The number of amides is 2. The average Bonchev–Trinajstić information content (AvgIpc) is 3.91. The third-order valence-electron chi connectivity index (χ3n) is 10.8. The molecule has 1 saturated carbocycles. The highest BCUT2D eigenvalue weighted by Crippen LogP contribution is 2.34. The molecule has 1 aliphatic carbocycles. The SMILES string of the molecule is N[C@@H](CCC(=O)N1CCC(Nc2nc(NCc3cn(CCCNCCCNC4CCCCC4)nn3)nc3ccccc23)CC1)C(=O)NCc1cn(CCP(=O)(O)O)nn1. The van der Waals surface area contributed by atoms with Crippen molar-refractivity contribution in [3.8, 4) is 0 Å². The van der Waals surface area contributed by atoms with E-state index in [1.54, 1.807) is 0 Å². The van der Waals surface area contributed by atoms with E-state index in [1.165, 1.54) is 43.0 Å². The number of hydrogen-bond donors (Lipinski definition) is 8. The van der Waals surface area contributed by atoms with Gasteiger partial charge in [0.1, 0.15) is 17.2 Å². The molecule has 0 radical (unpaired) electrons. The molecule has 2 amide bonds. The minimum absolute atomic E-state index is 0.000326. The number of aryl methyl sites for hydroxylation is 2. The lowest BCUT2D eigenvalue weighted by Crippen LogP contribution is -2.44. The Balaban J connectivity index is 0.881. The first-order valence-corrected chi connectivity index (χ1v) is 22.7. The number of likely N-dealkylation sites (tertiary alicyclic amines) is 1. The summed E-state index contributed by atoms with van der Waals surface area (Å²) in [5, 5.41) is 34.1. The Morgan fingerprint density at radius 2 is 1.58 bits per heavy atom. The molecule has 2 fully saturated rings. The number of aromatic nitrogens is 8. The van der Waals surface area contributed by atoms with Crippen LogP contribution in [0.5, 0.6) is 0 Å². The summed E-state index contributed by atoms with van der Waals surface area (Å²) in [7, 11) is -4.16. The number of para-hydroxylation sites is 1. The summed E-state index contributed by atoms with van der Waals surface area (Å²) in [6.07, 6.45) is 13.7. The smallest absolute Gasteiger partial charge is 0.327 e. The standard InChI is InChI=1S/C38H60N15O5P/c39-33(37(55)42-24-30-27-53(50-47-30)22-23-59(56,57)58)12-13-35(54)51-20-14-29(15-21-51)44-36-32-10-4-5-11-34(32)45-38(46-36)43-25-31-26-52(49-48-31)19-7-17-40-16-6-18-41-28-8-2-1-3-9-28/h4-5,10-11,26-29,33,40-41H,1-3,6-9,12-25,39H2,(H,42,55)(H2,56,57,58)(H2,43,44,45,46)/t33-/m0/s1. The number of benzene rings is 1. The molecule has 1 aliphatic heterocycles. The quantitative estimate of drug-likeness (QED) is 0.0390. The lowest BCUT2D eigenvalue weighted by Gasteiger charge is -2.33. The van der Waals surface area contributed by atoms with Crippen molar-refractivity contribution in [1.29, 1.82) is 0 Å². The number of nitrogens with two attached hydrogens (primary N) is 1. The van der Waals surface area contributed by atoms with E-state index in [2.05, 4.69) is 47.2 Å². The number of nitrogens with one attached hydrogen (secondary N) is 5. The zero-order valence-electron chi connectivity index (χ0n) is 33.7. The first-order chi connectivity index (χ1) is 28.6. The molecule has 1 saturated heterocycles. The van der Waals surface area contributed by atoms with Gasteiger partial charge in [0, 0.05) is 43.5 Å². The summed E-state index contributed by atoms with van der Waals surface area (Å²) in [5.74, 6) is 0.731. The van der Waals surface area contributed by atoms with Crippen molar-refractivity contribution in [2.45, 2.75) is 115 Å². The van der Waals surface area contributed by atoms with Gasteiger partial charge in [-0.2, -0.15) is 4.98 Å². The number of carbonyl (C=O) groups is 2. The first-order valence-electron chi connectivity index (χ1n) is 20.9. The third-order valence-corrected chi connectivity index (χ3v) is 11.6. The van der Waals surface area contributed by atoms with E-state index in [0.717, 1.165) is 74.3 Å². The first kappa shape index (κ1) is 44.0. The fraction of sp³-hybridized carbons (Fsp3) is 0.632. The van der Waals surface area contributed by atoms with Gasteiger partial charge in [-0.05, 0) is 76.7 Å². The second-order valence-electron chi connectivity index (χ2n) is 15.5. The van der Waals surface area contributed by atoms with Crippen molar-refractivity contribution in [2.75, 3.05) is 49.5 Å². The molecule has 1 atom stereocenters. The Kier molecular flexibility index (Phi) is 16.5. The summed E-state index contributed by atoms with van der Waals surface area (Å²) in [6.45, 7) is 5.43. The zero-order chi connectivity index (χ0) is 41.5. The highest BCUT2D eigenvalue weighted by molar-refractivity contribution is 7.51. The van der Waals surface area contributed by atoms with Crippen molar-refractivity contribution in [3.05, 3.63) is 48.0 Å². The molecule has 6 rings (SSSR count). The number of piperidine rings is 1. The Morgan fingerprint density at radius 3 is 2.34 bits per heavy atom. The van der Waals surface area contributed by atoms with Crippen LogP contribution in [0.2, 0.25) is 0 Å². The number of anilines is 2. The maximum absolute atomic E-state index is 13.1. The van der Waals surface area contributed by atoms with Gasteiger partial charge in [0.2, 0.25) is 17.8 Å². The Hall–Kier alpha value is -4.59. The second-order valence-corrected chi connectivity index (χ2v) is 17.3. The summed E-state index contributed by atoms with van der Waals surface area (Å²) >= 11 is 0. The Labute approximate surface area is 344 Å². The molecule has 2 aliphatic rings. The molecule has 0 bridgehead atoms. The van der Waals surface area contributed by atoms with E-state index in [9.17, 15) is 14.2 Å². The lowest BCUT2D eigenvalue weighted by atomic mass is 9.95. The van der Waals surface area contributed by atoms with Crippen molar-refractivity contribution in [1.82, 2.24) is 60.8 Å². The average molecular weight is 838 g/mol. The maximum atomic E-state index is 13.1. The van der Waals surface area contributed by atoms with Crippen LogP contribution in [0.1, 0.15) is 82.0 Å². The minimum atomic E-state index is -4.16. The lowest BCUT2D eigenvalue weighted by molar-refractivity contribution is -0.132. The molecule has 322 valence electrons. The van der Waals surface area contributed by atoms with E-state index in [4.69, 9.17) is 25.5 Å². The van der Waals surface area contributed by atoms with Crippen LogP contribution < -0.4 is 32.3 Å². The largest absolute Gasteiger partial charge is 0.367 e. The molecule has 21 heteroatoms. The van der Waals surface area contributed by atoms with Gasteiger partial charge < -0.3 is 47.0 Å². The van der Waals surface area contributed by atoms with E-state index < -0.39 is 19.5 Å². The summed E-state index contributed by atoms with van der Waals surface area (Å²) in [4.78, 5) is 55.1. The number of fused-ring (bicyclic) bond motifs is 1. The molecule has 0 spiro atoms. The Morgan fingerprint density at radius 1 is 0.864 bits per heavy atom. The molecule has 0 unspecified atom stereocenters. The minimum Gasteiger partial charge on any atom is -0.367 e. The maximum Gasteiger partial charge on any atom is 0.327 e. The van der Waals surface area contributed by atoms with Crippen LogP contribution in [0.25, 0.3) is 10.9 Å². The van der Waals surface area contributed by atoms with Crippen molar-refractivity contribution >= 4 is 42.1 Å². The zero-order valence-corrected chi connectivity index (χ0v) is 34.6. The topological polar surface area (TPSA) is 268 Å². The molecule has 4 aromatic rings. The molecule has 1 aromatic carbocycles. The number of hydrogen-bond acceptors (Lipinski definition) is 14. The van der Waals surface area contributed by atoms with Crippen LogP contribution in [-0.4, -0.2) is 123 Å². The highest BCUT2D eigenvalue weighted by Gasteiger charge is 2.25. The van der Waals surface area contributed by atoms with Gasteiger partial charge in [-0.15, -0.1) is 10.2 Å². The number of nitrogens with zero attached hydrogens (tertiary/aromatic N) is 9. The molecule has 3 aromatic heterocycles. The fourth-order valence-electron chi connectivity index (χ4n) is 7.39. The molecule has 59 heavy (non-hydrogen) atoms. The van der Waals surface area contributed by atoms with Gasteiger partial charge in [0.05, 0.1) is 49.7 Å². The van der Waals surface area contributed by atoms with Crippen molar-refractivity contribution in [2.24, 2.45) is 5.73 Å². The van der Waals surface area contributed by atoms with E-state index in [0.29, 0.717) is 37.3 Å². The monoisotopic (exact) mass is 837 g/mol. The Bertz CT molecular complexity index is 1970. The predicted molar refractivity (Wildman–Crippen MR) is 223 cm³/mol. The van der Waals surface area contributed by atoms with Crippen LogP contribution in [-0.2, 0) is 40.3 Å². The van der Waals surface area contributed by atoms with E-state index in [1.807, 2.05) is 40.0 Å². The van der Waals surface area contributed by atoms with Crippen LogP contribution >= 0.6 is 7.60 Å². The van der Waals surface area contributed by atoms with Crippen LogP contribution in [0.15, 0.2) is 36.7 Å². The summed E-state index contributed by atoms with van der Waals surface area (Å²) in [6, 6.07) is 7.79. The van der Waals surface area contributed by atoms with Gasteiger partial charge in [-0.3, -0.25) is 23.5 Å². The van der Waals surface area contributed by atoms with Crippen LogP contribution in [0.3, 0.4) is 0 Å². The number of rotatable bonds is 23.